The molecule has 3 N–H and O–H groups in total. The second-order valence-electron chi connectivity index (χ2n) is 3.79. The Morgan fingerprint density at radius 1 is 1.50 bits per heavy atom. The second kappa shape index (κ2) is 5.55. The van der Waals surface area contributed by atoms with Crippen LogP contribution in [0, 0.1) is 0 Å². The van der Waals surface area contributed by atoms with Crippen LogP contribution in [0.2, 0.25) is 5.02 Å². The minimum atomic E-state index is -0.169. The van der Waals surface area contributed by atoms with Gasteiger partial charge in [0.2, 0.25) is 0 Å². The molecule has 1 amide bonds. The molecule has 1 heterocycles. The van der Waals surface area contributed by atoms with Crippen molar-refractivity contribution < 1.29 is 4.79 Å². The molecule has 0 aliphatic heterocycles. The standard InChI is InChI=1S/C12H13ClN4O/c13-10-7-9(1-2-11(10)14)12(18)16-4-6-17-5-3-15-8-17/h1-3,5,7-8H,4,6,14H2,(H,16,18). The summed E-state index contributed by atoms with van der Waals surface area (Å²) in [5, 5.41) is 3.18. The first-order chi connectivity index (χ1) is 8.66. The third-order valence-electron chi connectivity index (χ3n) is 2.48. The van der Waals surface area contributed by atoms with Gasteiger partial charge in [-0.25, -0.2) is 4.98 Å². The van der Waals surface area contributed by atoms with Gasteiger partial charge in [-0.2, -0.15) is 0 Å². The summed E-state index contributed by atoms with van der Waals surface area (Å²) in [7, 11) is 0. The summed E-state index contributed by atoms with van der Waals surface area (Å²) in [6.07, 6.45) is 5.24. The molecule has 0 spiro atoms. The maximum atomic E-state index is 11.8. The van der Waals surface area contributed by atoms with Crippen LogP contribution in [0.5, 0.6) is 0 Å². The smallest absolute Gasteiger partial charge is 0.251 e. The van der Waals surface area contributed by atoms with Crippen molar-refractivity contribution >= 4 is 23.2 Å². The van der Waals surface area contributed by atoms with E-state index in [4.69, 9.17) is 17.3 Å². The topological polar surface area (TPSA) is 72.9 Å². The molecule has 5 nitrogen and oxygen atoms in total. The number of benzene rings is 1. The van der Waals surface area contributed by atoms with Crippen molar-refractivity contribution in [3.05, 3.63) is 47.5 Å². The van der Waals surface area contributed by atoms with E-state index >= 15 is 0 Å². The van der Waals surface area contributed by atoms with E-state index in [-0.39, 0.29) is 5.91 Å². The maximum absolute atomic E-state index is 11.8. The highest BCUT2D eigenvalue weighted by atomic mass is 35.5. The molecule has 0 saturated carbocycles. The molecular weight excluding hydrogens is 252 g/mol. The van der Waals surface area contributed by atoms with Gasteiger partial charge in [-0.05, 0) is 18.2 Å². The highest BCUT2D eigenvalue weighted by Gasteiger charge is 2.06. The number of rotatable bonds is 4. The number of hydrogen-bond acceptors (Lipinski definition) is 3. The van der Waals surface area contributed by atoms with Gasteiger partial charge in [0.15, 0.2) is 0 Å². The zero-order chi connectivity index (χ0) is 13.0. The van der Waals surface area contributed by atoms with Crippen molar-refractivity contribution in [1.82, 2.24) is 14.9 Å². The van der Waals surface area contributed by atoms with E-state index in [1.54, 1.807) is 30.7 Å². The van der Waals surface area contributed by atoms with Crippen LogP contribution in [0.4, 0.5) is 5.69 Å². The largest absolute Gasteiger partial charge is 0.398 e. The third-order valence-corrected chi connectivity index (χ3v) is 2.80. The number of amides is 1. The van der Waals surface area contributed by atoms with E-state index in [1.165, 1.54) is 0 Å². The molecule has 0 radical (unpaired) electrons. The van der Waals surface area contributed by atoms with E-state index in [1.807, 2.05) is 10.8 Å². The summed E-state index contributed by atoms with van der Waals surface area (Å²) in [6, 6.07) is 4.82. The minimum Gasteiger partial charge on any atom is -0.398 e. The number of carbonyl (C=O) groups excluding carboxylic acids is 1. The molecule has 0 bridgehead atoms. The normalized spacial score (nSPS) is 10.3. The zero-order valence-electron chi connectivity index (χ0n) is 9.64. The molecule has 0 aliphatic rings. The lowest BCUT2D eigenvalue weighted by molar-refractivity contribution is 0.0952. The van der Waals surface area contributed by atoms with Crippen molar-refractivity contribution in [3.8, 4) is 0 Å². The number of hydrogen-bond donors (Lipinski definition) is 2. The van der Waals surface area contributed by atoms with Crippen LogP contribution in [-0.2, 0) is 6.54 Å². The predicted octanol–water partition coefficient (Wildman–Crippen LogP) is 1.55. The summed E-state index contributed by atoms with van der Waals surface area (Å²) in [5.41, 5.74) is 6.54. The van der Waals surface area contributed by atoms with Gasteiger partial charge in [-0.15, -0.1) is 0 Å². The van der Waals surface area contributed by atoms with Gasteiger partial charge in [0, 0.05) is 31.0 Å². The van der Waals surface area contributed by atoms with E-state index in [0.29, 0.717) is 29.4 Å². The van der Waals surface area contributed by atoms with Crippen LogP contribution in [0.25, 0.3) is 0 Å². The first kappa shape index (κ1) is 12.4. The fraction of sp³-hybridized carbons (Fsp3) is 0.167. The van der Waals surface area contributed by atoms with E-state index < -0.39 is 0 Å². The Morgan fingerprint density at radius 2 is 2.33 bits per heavy atom. The molecule has 6 heteroatoms. The van der Waals surface area contributed by atoms with Gasteiger partial charge < -0.3 is 15.6 Å². The van der Waals surface area contributed by atoms with Gasteiger partial charge in [0.25, 0.3) is 5.91 Å². The number of nitrogens with two attached hydrogens (primary N) is 1. The van der Waals surface area contributed by atoms with Crippen LogP contribution in [0.15, 0.2) is 36.9 Å². The molecule has 18 heavy (non-hydrogen) atoms. The maximum Gasteiger partial charge on any atom is 0.251 e. The molecule has 0 aliphatic carbocycles. The number of carbonyl (C=O) groups is 1. The van der Waals surface area contributed by atoms with Gasteiger partial charge in [0.1, 0.15) is 0 Å². The van der Waals surface area contributed by atoms with Crippen LogP contribution in [0.3, 0.4) is 0 Å². The highest BCUT2D eigenvalue weighted by Crippen LogP contribution is 2.19. The van der Waals surface area contributed by atoms with E-state index in [9.17, 15) is 4.79 Å². The molecule has 1 aromatic heterocycles. The lowest BCUT2D eigenvalue weighted by Crippen LogP contribution is -2.26. The van der Waals surface area contributed by atoms with Crippen LogP contribution in [0.1, 0.15) is 10.4 Å². The SMILES string of the molecule is Nc1ccc(C(=O)NCCn2ccnc2)cc1Cl. The monoisotopic (exact) mass is 264 g/mol. The molecule has 0 unspecified atom stereocenters. The molecule has 2 aromatic rings. The number of anilines is 1. The number of aromatic nitrogens is 2. The van der Waals surface area contributed by atoms with Crippen molar-refractivity contribution in [1.29, 1.82) is 0 Å². The number of halogens is 1. The zero-order valence-corrected chi connectivity index (χ0v) is 10.4. The lowest BCUT2D eigenvalue weighted by Gasteiger charge is -2.07. The molecule has 1 aromatic carbocycles. The molecule has 0 saturated heterocycles. The average molecular weight is 265 g/mol. The molecule has 0 atom stereocenters. The van der Waals surface area contributed by atoms with Crippen molar-refractivity contribution in [2.45, 2.75) is 6.54 Å². The van der Waals surface area contributed by atoms with E-state index in [0.717, 1.165) is 0 Å². The molecule has 94 valence electrons. The third kappa shape index (κ3) is 3.01. The number of nitrogen functional groups attached to an aromatic ring is 1. The predicted molar refractivity (Wildman–Crippen MR) is 70.4 cm³/mol. The number of nitrogens with one attached hydrogen (secondary N) is 1. The van der Waals surface area contributed by atoms with Crippen molar-refractivity contribution in [2.75, 3.05) is 12.3 Å². The fourth-order valence-corrected chi connectivity index (χ4v) is 1.67. The fourth-order valence-electron chi connectivity index (χ4n) is 1.49. The Labute approximate surface area is 110 Å². The average Bonchev–Trinajstić information content (AvgIpc) is 2.85. The highest BCUT2D eigenvalue weighted by molar-refractivity contribution is 6.33. The van der Waals surface area contributed by atoms with E-state index in [2.05, 4.69) is 10.3 Å². The lowest BCUT2D eigenvalue weighted by atomic mass is 10.2. The Bertz CT molecular complexity index is 539. The van der Waals surface area contributed by atoms with Crippen LogP contribution >= 0.6 is 11.6 Å². The van der Waals surface area contributed by atoms with Crippen molar-refractivity contribution in [3.63, 3.8) is 0 Å². The van der Waals surface area contributed by atoms with Crippen LogP contribution in [-0.4, -0.2) is 22.0 Å². The number of imidazole rings is 1. The van der Waals surface area contributed by atoms with Crippen LogP contribution < -0.4 is 11.1 Å². The van der Waals surface area contributed by atoms with Gasteiger partial charge in [-0.3, -0.25) is 4.79 Å². The minimum absolute atomic E-state index is 0.169. The van der Waals surface area contributed by atoms with Gasteiger partial charge >= 0.3 is 0 Å². The quantitative estimate of drug-likeness (QED) is 0.823. The summed E-state index contributed by atoms with van der Waals surface area (Å²) < 4.78 is 1.89. The summed E-state index contributed by atoms with van der Waals surface area (Å²) in [5.74, 6) is -0.169. The second-order valence-corrected chi connectivity index (χ2v) is 4.20. The number of nitrogens with zero attached hydrogens (tertiary/aromatic N) is 2. The Balaban J connectivity index is 1.89. The summed E-state index contributed by atoms with van der Waals surface area (Å²) in [6.45, 7) is 1.20. The summed E-state index contributed by atoms with van der Waals surface area (Å²) >= 11 is 5.86. The van der Waals surface area contributed by atoms with Crippen molar-refractivity contribution in [2.24, 2.45) is 0 Å². The first-order valence-corrected chi connectivity index (χ1v) is 5.83. The Hall–Kier alpha value is -2.01. The Morgan fingerprint density at radius 3 is 3.00 bits per heavy atom. The Kier molecular flexibility index (Phi) is 3.84. The molecule has 2 rings (SSSR count). The molecular formula is C12H13ClN4O. The first-order valence-electron chi connectivity index (χ1n) is 5.46. The van der Waals surface area contributed by atoms with Gasteiger partial charge in [-0.1, -0.05) is 11.6 Å². The van der Waals surface area contributed by atoms with Gasteiger partial charge in [0.05, 0.1) is 17.0 Å². The summed E-state index contributed by atoms with van der Waals surface area (Å²) in [4.78, 5) is 15.7. The molecule has 0 fully saturated rings.